The van der Waals surface area contributed by atoms with Crippen LogP contribution >= 0.6 is 0 Å². The van der Waals surface area contributed by atoms with Crippen LogP contribution in [-0.4, -0.2) is 44.4 Å². The molecule has 0 atom stereocenters. The highest BCUT2D eigenvalue weighted by atomic mass is 32.2. The second-order valence-corrected chi connectivity index (χ2v) is 5.97. The van der Waals surface area contributed by atoms with Crippen LogP contribution in [0.25, 0.3) is 0 Å². The summed E-state index contributed by atoms with van der Waals surface area (Å²) >= 11 is 0. The van der Waals surface area contributed by atoms with Gasteiger partial charge >= 0.3 is 5.97 Å². The van der Waals surface area contributed by atoms with Crippen molar-refractivity contribution in [2.75, 3.05) is 26.0 Å². The van der Waals surface area contributed by atoms with Gasteiger partial charge in [-0.25, -0.2) is 12.7 Å². The standard InChI is InChI=1S/C11H16N2O4S/c1-13(2)18(16,17)10-6-4-3-5-9(10)12-8-7-11(14)15/h3-6,12H,7-8H2,1-2H3,(H,14,15). The Morgan fingerprint density at radius 1 is 1.33 bits per heavy atom. The number of hydrogen-bond donors (Lipinski definition) is 2. The largest absolute Gasteiger partial charge is 0.481 e. The third-order valence-corrected chi connectivity index (χ3v) is 4.17. The number of aliphatic carboxylic acids is 1. The fourth-order valence-corrected chi connectivity index (χ4v) is 2.40. The van der Waals surface area contributed by atoms with Gasteiger partial charge in [-0.1, -0.05) is 12.1 Å². The highest BCUT2D eigenvalue weighted by Gasteiger charge is 2.20. The van der Waals surface area contributed by atoms with Crippen LogP contribution in [-0.2, 0) is 14.8 Å². The van der Waals surface area contributed by atoms with Crippen LogP contribution in [0.4, 0.5) is 5.69 Å². The molecule has 0 aromatic heterocycles. The predicted octanol–water partition coefficient (Wildman–Crippen LogP) is 0.824. The summed E-state index contributed by atoms with van der Waals surface area (Å²) in [5, 5.41) is 11.4. The van der Waals surface area contributed by atoms with Gasteiger partial charge in [0.05, 0.1) is 12.1 Å². The zero-order valence-electron chi connectivity index (χ0n) is 10.3. The molecule has 1 rings (SSSR count). The van der Waals surface area contributed by atoms with Crippen LogP contribution in [0.15, 0.2) is 29.2 Å². The summed E-state index contributed by atoms with van der Waals surface area (Å²) in [6, 6.07) is 6.41. The number of para-hydroxylation sites is 1. The lowest BCUT2D eigenvalue weighted by molar-refractivity contribution is -0.136. The van der Waals surface area contributed by atoms with E-state index in [2.05, 4.69) is 5.32 Å². The Hall–Kier alpha value is -1.60. The topological polar surface area (TPSA) is 86.7 Å². The molecule has 2 N–H and O–H groups in total. The van der Waals surface area contributed by atoms with Gasteiger partial charge in [0.15, 0.2) is 0 Å². The second-order valence-electron chi connectivity index (χ2n) is 3.85. The van der Waals surface area contributed by atoms with Crippen LogP contribution in [0.5, 0.6) is 0 Å². The second kappa shape index (κ2) is 5.83. The zero-order valence-corrected chi connectivity index (χ0v) is 11.1. The lowest BCUT2D eigenvalue weighted by Crippen LogP contribution is -2.23. The first-order valence-electron chi connectivity index (χ1n) is 5.33. The smallest absolute Gasteiger partial charge is 0.305 e. The van der Waals surface area contributed by atoms with Crippen LogP contribution in [0.3, 0.4) is 0 Å². The fraction of sp³-hybridized carbons (Fsp3) is 0.364. The van der Waals surface area contributed by atoms with Crippen LogP contribution < -0.4 is 5.32 Å². The summed E-state index contributed by atoms with van der Waals surface area (Å²) in [7, 11) is -0.639. The van der Waals surface area contributed by atoms with Gasteiger partial charge in [-0.15, -0.1) is 0 Å². The molecule has 0 bridgehead atoms. The molecule has 1 aromatic rings. The molecule has 0 fully saturated rings. The molecule has 0 aliphatic rings. The maximum atomic E-state index is 12.0. The first-order chi connectivity index (χ1) is 8.35. The number of carboxylic acid groups (broad SMARTS) is 1. The minimum atomic E-state index is -3.53. The third kappa shape index (κ3) is 3.44. The van der Waals surface area contributed by atoms with E-state index in [9.17, 15) is 13.2 Å². The van der Waals surface area contributed by atoms with Gasteiger partial charge in [0, 0.05) is 20.6 Å². The molecule has 0 aliphatic heterocycles. The Labute approximate surface area is 106 Å². The number of carboxylic acids is 1. The molecular formula is C11H16N2O4S. The van der Waals surface area contributed by atoms with Crippen molar-refractivity contribution in [2.24, 2.45) is 0 Å². The number of sulfonamides is 1. The first-order valence-corrected chi connectivity index (χ1v) is 6.77. The Bertz CT molecular complexity index is 526. The van der Waals surface area contributed by atoms with Gasteiger partial charge in [0.1, 0.15) is 4.90 Å². The van der Waals surface area contributed by atoms with Crippen LogP contribution in [0.1, 0.15) is 6.42 Å². The van der Waals surface area contributed by atoms with Crippen molar-refractivity contribution in [3.8, 4) is 0 Å². The van der Waals surface area contributed by atoms with Crippen molar-refractivity contribution < 1.29 is 18.3 Å². The Morgan fingerprint density at radius 2 is 1.94 bits per heavy atom. The molecule has 0 spiro atoms. The molecule has 1 aromatic carbocycles. The van der Waals surface area contributed by atoms with Gasteiger partial charge in [-0.05, 0) is 12.1 Å². The molecule has 100 valence electrons. The van der Waals surface area contributed by atoms with Crippen molar-refractivity contribution in [3.63, 3.8) is 0 Å². The molecule has 0 aliphatic carbocycles. The molecule has 0 radical (unpaired) electrons. The average Bonchev–Trinajstić information content (AvgIpc) is 2.28. The Balaban J connectivity index is 2.97. The van der Waals surface area contributed by atoms with E-state index in [4.69, 9.17) is 5.11 Å². The number of carbonyl (C=O) groups is 1. The Morgan fingerprint density at radius 3 is 2.50 bits per heavy atom. The van der Waals surface area contributed by atoms with Gasteiger partial charge in [-0.2, -0.15) is 0 Å². The molecule has 7 heteroatoms. The molecule has 0 saturated heterocycles. The van der Waals surface area contributed by atoms with E-state index < -0.39 is 16.0 Å². The monoisotopic (exact) mass is 272 g/mol. The molecule has 0 saturated carbocycles. The van der Waals surface area contributed by atoms with Gasteiger partial charge < -0.3 is 10.4 Å². The van der Waals surface area contributed by atoms with Crippen molar-refractivity contribution in [3.05, 3.63) is 24.3 Å². The number of benzene rings is 1. The van der Waals surface area contributed by atoms with E-state index in [0.29, 0.717) is 5.69 Å². The summed E-state index contributed by atoms with van der Waals surface area (Å²) in [5.41, 5.74) is 0.410. The van der Waals surface area contributed by atoms with E-state index >= 15 is 0 Å². The van der Waals surface area contributed by atoms with E-state index in [1.807, 2.05) is 0 Å². The number of rotatable bonds is 6. The normalized spacial score (nSPS) is 11.5. The zero-order chi connectivity index (χ0) is 13.8. The van der Waals surface area contributed by atoms with Crippen LogP contribution in [0.2, 0.25) is 0 Å². The highest BCUT2D eigenvalue weighted by Crippen LogP contribution is 2.22. The molecule has 0 unspecified atom stereocenters. The van der Waals surface area contributed by atoms with Crippen LogP contribution in [0, 0.1) is 0 Å². The highest BCUT2D eigenvalue weighted by molar-refractivity contribution is 7.89. The van der Waals surface area contributed by atoms with E-state index in [-0.39, 0.29) is 17.9 Å². The maximum absolute atomic E-state index is 12.0. The summed E-state index contributed by atoms with van der Waals surface area (Å²) < 4.78 is 25.2. The average molecular weight is 272 g/mol. The fourth-order valence-electron chi connectivity index (χ4n) is 1.34. The van der Waals surface area contributed by atoms with Crippen molar-refractivity contribution in [1.82, 2.24) is 4.31 Å². The summed E-state index contributed by atoms with van der Waals surface area (Å²) in [6.07, 6.45) is -0.0731. The molecule has 0 amide bonds. The minimum Gasteiger partial charge on any atom is -0.481 e. The van der Waals surface area contributed by atoms with Crippen molar-refractivity contribution >= 4 is 21.7 Å². The van der Waals surface area contributed by atoms with E-state index in [1.165, 1.54) is 20.2 Å². The number of hydrogen-bond acceptors (Lipinski definition) is 4. The number of nitrogens with zero attached hydrogens (tertiary/aromatic N) is 1. The lowest BCUT2D eigenvalue weighted by Gasteiger charge is -2.15. The first kappa shape index (κ1) is 14.5. The van der Waals surface area contributed by atoms with Crippen molar-refractivity contribution in [2.45, 2.75) is 11.3 Å². The van der Waals surface area contributed by atoms with Gasteiger partial charge in [0.2, 0.25) is 10.0 Å². The van der Waals surface area contributed by atoms with Gasteiger partial charge in [0.25, 0.3) is 0 Å². The summed E-state index contributed by atoms with van der Waals surface area (Å²) in [6.45, 7) is 0.176. The van der Waals surface area contributed by atoms with E-state index in [1.54, 1.807) is 18.2 Å². The number of anilines is 1. The molecule has 6 nitrogen and oxygen atoms in total. The summed E-state index contributed by atoms with van der Waals surface area (Å²) in [4.78, 5) is 10.6. The number of nitrogens with one attached hydrogen (secondary N) is 1. The molecular weight excluding hydrogens is 256 g/mol. The molecule has 18 heavy (non-hydrogen) atoms. The Kier molecular flexibility index (Phi) is 4.69. The minimum absolute atomic E-state index is 0.0731. The van der Waals surface area contributed by atoms with Gasteiger partial charge in [-0.3, -0.25) is 4.79 Å². The lowest BCUT2D eigenvalue weighted by atomic mass is 10.3. The third-order valence-electron chi connectivity index (χ3n) is 2.30. The summed E-state index contributed by atoms with van der Waals surface area (Å²) in [5.74, 6) is -0.935. The van der Waals surface area contributed by atoms with E-state index in [0.717, 1.165) is 4.31 Å². The SMILES string of the molecule is CN(C)S(=O)(=O)c1ccccc1NCCC(=O)O. The molecule has 0 heterocycles. The maximum Gasteiger partial charge on any atom is 0.305 e. The van der Waals surface area contributed by atoms with Crippen molar-refractivity contribution in [1.29, 1.82) is 0 Å². The predicted molar refractivity (Wildman–Crippen MR) is 68.1 cm³/mol. The quantitative estimate of drug-likeness (QED) is 0.800.